The van der Waals surface area contributed by atoms with E-state index in [0.717, 1.165) is 28.6 Å². The van der Waals surface area contributed by atoms with Crippen molar-refractivity contribution in [1.82, 2.24) is 15.1 Å². The Kier molecular flexibility index (Phi) is 4.12. The van der Waals surface area contributed by atoms with Gasteiger partial charge in [-0.2, -0.15) is 5.10 Å². The predicted octanol–water partition coefficient (Wildman–Crippen LogP) is 4.93. The molecule has 2 aliphatic rings. The zero-order valence-electron chi connectivity index (χ0n) is 14.9. The fourth-order valence-corrected chi connectivity index (χ4v) is 5.02. The summed E-state index contributed by atoms with van der Waals surface area (Å²) in [4.78, 5) is 13.0. The van der Waals surface area contributed by atoms with Crippen LogP contribution in [0.2, 0.25) is 0 Å². The van der Waals surface area contributed by atoms with Crippen molar-refractivity contribution < 1.29 is 4.79 Å². The SMILES string of the molecule is O=C(NCc1ccccc1)c1nn(-c2ccccc2Br)c2c1C1CCC2C1. The second-order valence-corrected chi connectivity index (χ2v) is 8.24. The summed E-state index contributed by atoms with van der Waals surface area (Å²) in [7, 11) is 0. The Morgan fingerprint density at radius 3 is 2.63 bits per heavy atom. The zero-order chi connectivity index (χ0) is 18.4. The lowest BCUT2D eigenvalue weighted by Crippen LogP contribution is -2.24. The van der Waals surface area contributed by atoms with E-state index in [4.69, 9.17) is 5.10 Å². The lowest BCUT2D eigenvalue weighted by atomic mass is 9.95. The summed E-state index contributed by atoms with van der Waals surface area (Å²) in [5.74, 6) is 0.910. The molecule has 136 valence electrons. The van der Waals surface area contributed by atoms with Crippen LogP contribution in [-0.4, -0.2) is 15.7 Å². The number of fused-ring (bicyclic) bond motifs is 5. The van der Waals surface area contributed by atoms with Gasteiger partial charge in [-0.15, -0.1) is 0 Å². The Morgan fingerprint density at radius 1 is 1.07 bits per heavy atom. The van der Waals surface area contributed by atoms with E-state index in [1.54, 1.807) is 0 Å². The minimum absolute atomic E-state index is 0.0755. The van der Waals surface area contributed by atoms with Gasteiger partial charge in [-0.25, -0.2) is 4.68 Å². The van der Waals surface area contributed by atoms with Crippen molar-refractivity contribution in [3.05, 3.63) is 81.6 Å². The van der Waals surface area contributed by atoms with Crippen molar-refractivity contribution in [2.45, 2.75) is 37.6 Å². The monoisotopic (exact) mass is 421 g/mol. The summed E-state index contributed by atoms with van der Waals surface area (Å²) < 4.78 is 3.00. The van der Waals surface area contributed by atoms with Gasteiger partial charge in [0.15, 0.2) is 5.69 Å². The van der Waals surface area contributed by atoms with Crippen molar-refractivity contribution in [3.8, 4) is 5.69 Å². The fourth-order valence-electron chi connectivity index (χ4n) is 4.57. The average Bonchev–Trinajstić information content (AvgIpc) is 3.40. The standard InChI is InChI=1S/C22H20BrN3O/c23-17-8-4-5-9-18(17)26-21-16-11-10-15(12-16)19(21)20(25-26)22(27)24-13-14-6-2-1-3-7-14/h1-9,15-16H,10-13H2,(H,24,27). The van der Waals surface area contributed by atoms with Gasteiger partial charge in [-0.3, -0.25) is 4.79 Å². The molecular formula is C22H20BrN3O. The number of rotatable bonds is 4. The van der Waals surface area contributed by atoms with Gasteiger partial charge in [0.2, 0.25) is 0 Å². The van der Waals surface area contributed by atoms with Gasteiger partial charge in [0.05, 0.1) is 11.4 Å². The lowest BCUT2D eigenvalue weighted by Gasteiger charge is -2.14. The molecule has 3 aromatic rings. The number of hydrogen-bond donors (Lipinski definition) is 1. The van der Waals surface area contributed by atoms with Gasteiger partial charge in [-0.05, 0) is 58.8 Å². The maximum atomic E-state index is 13.0. The number of carbonyl (C=O) groups excluding carboxylic acids is 1. The van der Waals surface area contributed by atoms with Crippen molar-refractivity contribution in [3.63, 3.8) is 0 Å². The van der Waals surface area contributed by atoms with Crippen molar-refractivity contribution >= 4 is 21.8 Å². The van der Waals surface area contributed by atoms with Crippen LogP contribution < -0.4 is 5.32 Å². The van der Waals surface area contributed by atoms with Gasteiger partial charge in [0.1, 0.15) is 0 Å². The van der Waals surface area contributed by atoms with Crippen LogP contribution in [0, 0.1) is 0 Å². The van der Waals surface area contributed by atoms with E-state index in [-0.39, 0.29) is 5.91 Å². The number of amides is 1. The number of para-hydroxylation sites is 1. The van der Waals surface area contributed by atoms with Gasteiger partial charge >= 0.3 is 0 Å². The topological polar surface area (TPSA) is 46.9 Å². The molecule has 1 N–H and O–H groups in total. The predicted molar refractivity (Wildman–Crippen MR) is 108 cm³/mol. The van der Waals surface area contributed by atoms with Crippen molar-refractivity contribution in [2.75, 3.05) is 0 Å². The highest BCUT2D eigenvalue weighted by Crippen LogP contribution is 2.54. The minimum Gasteiger partial charge on any atom is -0.347 e. The van der Waals surface area contributed by atoms with Crippen LogP contribution in [0.15, 0.2) is 59.1 Å². The Balaban J connectivity index is 1.52. The molecule has 5 heteroatoms. The fraction of sp³-hybridized carbons (Fsp3) is 0.273. The van der Waals surface area contributed by atoms with Gasteiger partial charge in [-0.1, -0.05) is 42.5 Å². The maximum Gasteiger partial charge on any atom is 0.272 e. The van der Waals surface area contributed by atoms with E-state index in [9.17, 15) is 4.79 Å². The molecule has 1 fully saturated rings. The van der Waals surface area contributed by atoms with Crippen LogP contribution in [0.3, 0.4) is 0 Å². The number of halogens is 1. The van der Waals surface area contributed by atoms with Gasteiger partial charge < -0.3 is 5.32 Å². The van der Waals surface area contributed by atoms with Crippen LogP contribution in [0.4, 0.5) is 0 Å². The summed E-state index contributed by atoms with van der Waals surface area (Å²) in [6, 6.07) is 18.1. The smallest absolute Gasteiger partial charge is 0.272 e. The zero-order valence-corrected chi connectivity index (χ0v) is 16.4. The van der Waals surface area contributed by atoms with Crippen molar-refractivity contribution in [2.24, 2.45) is 0 Å². The molecule has 2 aromatic carbocycles. The molecule has 2 bridgehead atoms. The molecule has 1 heterocycles. The molecule has 27 heavy (non-hydrogen) atoms. The third-order valence-electron chi connectivity index (χ3n) is 5.78. The molecular weight excluding hydrogens is 402 g/mol. The quantitative estimate of drug-likeness (QED) is 0.648. The number of aromatic nitrogens is 2. The van der Waals surface area contributed by atoms with Gasteiger partial charge in [0.25, 0.3) is 5.91 Å². The number of carbonyl (C=O) groups is 1. The molecule has 1 saturated carbocycles. The maximum absolute atomic E-state index is 13.0. The van der Waals surface area contributed by atoms with E-state index in [1.165, 1.54) is 17.7 Å². The second-order valence-electron chi connectivity index (χ2n) is 7.39. The first-order chi connectivity index (χ1) is 13.2. The Bertz CT molecular complexity index is 1010. The second kappa shape index (κ2) is 6.64. The van der Waals surface area contributed by atoms with Crippen LogP contribution >= 0.6 is 15.9 Å². The third-order valence-corrected chi connectivity index (χ3v) is 6.45. The van der Waals surface area contributed by atoms with E-state index in [0.29, 0.717) is 24.1 Å². The molecule has 2 unspecified atom stereocenters. The molecule has 2 atom stereocenters. The first-order valence-electron chi connectivity index (χ1n) is 9.42. The number of nitrogens with one attached hydrogen (secondary N) is 1. The molecule has 4 nitrogen and oxygen atoms in total. The molecule has 0 aliphatic heterocycles. The summed E-state index contributed by atoms with van der Waals surface area (Å²) in [5.41, 5.74) is 5.11. The first-order valence-corrected chi connectivity index (χ1v) is 10.2. The van der Waals surface area contributed by atoms with E-state index >= 15 is 0 Å². The highest BCUT2D eigenvalue weighted by atomic mass is 79.9. The lowest BCUT2D eigenvalue weighted by molar-refractivity contribution is 0.0944. The molecule has 1 aromatic heterocycles. The molecule has 5 rings (SSSR count). The van der Waals surface area contributed by atoms with Crippen LogP contribution in [-0.2, 0) is 6.54 Å². The molecule has 2 aliphatic carbocycles. The van der Waals surface area contributed by atoms with Crippen LogP contribution in [0.1, 0.15) is 58.4 Å². The molecule has 1 amide bonds. The number of benzene rings is 2. The van der Waals surface area contributed by atoms with Crippen LogP contribution in [0.25, 0.3) is 5.69 Å². The normalized spacial score (nSPS) is 19.9. The van der Waals surface area contributed by atoms with Crippen LogP contribution in [0.5, 0.6) is 0 Å². The summed E-state index contributed by atoms with van der Waals surface area (Å²) in [6.45, 7) is 0.518. The van der Waals surface area contributed by atoms with Crippen molar-refractivity contribution in [1.29, 1.82) is 0 Å². The molecule has 0 saturated heterocycles. The Morgan fingerprint density at radius 2 is 1.81 bits per heavy atom. The highest BCUT2D eigenvalue weighted by Gasteiger charge is 2.44. The largest absolute Gasteiger partial charge is 0.347 e. The van der Waals surface area contributed by atoms with E-state index in [1.807, 2.05) is 53.2 Å². The highest BCUT2D eigenvalue weighted by molar-refractivity contribution is 9.10. The molecule has 0 spiro atoms. The number of hydrogen-bond acceptors (Lipinski definition) is 2. The Hall–Kier alpha value is -2.40. The summed E-state index contributed by atoms with van der Waals surface area (Å²) >= 11 is 3.64. The summed E-state index contributed by atoms with van der Waals surface area (Å²) in [6.07, 6.45) is 3.51. The third kappa shape index (κ3) is 2.81. The van der Waals surface area contributed by atoms with Gasteiger partial charge in [0, 0.05) is 22.5 Å². The van der Waals surface area contributed by atoms with E-state index < -0.39 is 0 Å². The molecule has 0 radical (unpaired) electrons. The first kappa shape index (κ1) is 16.8. The Labute approximate surface area is 166 Å². The van der Waals surface area contributed by atoms with E-state index in [2.05, 4.69) is 27.3 Å². The average molecular weight is 422 g/mol. The summed E-state index contributed by atoms with van der Waals surface area (Å²) in [5, 5.41) is 7.85. The minimum atomic E-state index is -0.0755. The number of nitrogens with zero attached hydrogens (tertiary/aromatic N) is 2.